The van der Waals surface area contributed by atoms with Gasteiger partial charge in [-0.25, -0.2) is 9.07 Å². The first-order valence-corrected chi connectivity index (χ1v) is 12.6. The number of amides is 1. The number of ether oxygens (including phenoxy) is 3. The Balaban J connectivity index is 1.26. The van der Waals surface area contributed by atoms with Crippen molar-refractivity contribution < 1.29 is 36.6 Å². The highest BCUT2D eigenvalue weighted by molar-refractivity contribution is 6.04. The summed E-state index contributed by atoms with van der Waals surface area (Å²) in [6.45, 7) is 0.138. The van der Waals surface area contributed by atoms with E-state index in [0.29, 0.717) is 39.6 Å². The van der Waals surface area contributed by atoms with Crippen LogP contribution in [0.3, 0.4) is 0 Å². The molecular formula is C30H20F4N4O4. The van der Waals surface area contributed by atoms with Gasteiger partial charge in [0, 0.05) is 16.8 Å². The number of anilines is 1. The SMILES string of the molecule is O=C(Nc1ccc(-n2nc(OCc3ccc(F)cc3)nc2-c2ccc(C(F)(F)F)cc2)cc1)c1ccc2c(c1)OCO2. The van der Waals surface area contributed by atoms with E-state index < -0.39 is 11.7 Å². The Hall–Kier alpha value is -5.39. The number of carbonyl (C=O) groups excluding carboxylic acids is 1. The average molecular weight is 577 g/mol. The van der Waals surface area contributed by atoms with Gasteiger partial charge >= 0.3 is 12.2 Å². The third-order valence-electron chi connectivity index (χ3n) is 6.34. The van der Waals surface area contributed by atoms with Gasteiger partial charge in [0.15, 0.2) is 17.3 Å². The highest BCUT2D eigenvalue weighted by Crippen LogP contribution is 2.33. The van der Waals surface area contributed by atoms with Gasteiger partial charge in [-0.05, 0) is 72.3 Å². The van der Waals surface area contributed by atoms with Crippen LogP contribution in [0.1, 0.15) is 21.5 Å². The minimum absolute atomic E-state index is 0.0330. The van der Waals surface area contributed by atoms with Crippen LogP contribution in [0.2, 0.25) is 0 Å². The fourth-order valence-corrected chi connectivity index (χ4v) is 4.19. The molecule has 0 spiro atoms. The van der Waals surface area contributed by atoms with Gasteiger partial charge in [-0.15, -0.1) is 5.10 Å². The molecule has 8 nitrogen and oxygen atoms in total. The fourth-order valence-electron chi connectivity index (χ4n) is 4.19. The van der Waals surface area contributed by atoms with Crippen LogP contribution in [-0.4, -0.2) is 27.5 Å². The van der Waals surface area contributed by atoms with Crippen LogP contribution in [0, 0.1) is 5.82 Å². The van der Waals surface area contributed by atoms with Gasteiger partial charge in [0.25, 0.3) is 5.91 Å². The number of hydrogen-bond acceptors (Lipinski definition) is 6. The van der Waals surface area contributed by atoms with Gasteiger partial charge in [-0.1, -0.05) is 24.3 Å². The molecule has 1 aromatic heterocycles. The number of halogens is 4. The van der Waals surface area contributed by atoms with E-state index in [1.54, 1.807) is 54.6 Å². The van der Waals surface area contributed by atoms with E-state index in [-0.39, 0.29) is 37.0 Å². The van der Waals surface area contributed by atoms with Crippen molar-refractivity contribution in [3.63, 3.8) is 0 Å². The molecule has 1 N–H and O–H groups in total. The maximum Gasteiger partial charge on any atom is 0.416 e. The normalized spacial score (nSPS) is 12.3. The molecule has 0 radical (unpaired) electrons. The standard InChI is InChI=1S/C30H20F4N4O4/c31-22-8-1-18(2-9-22)16-40-29-36-27(19-3-6-21(7-4-19)30(32,33)34)38(37-29)24-12-10-23(11-13-24)35-28(39)20-5-14-25-26(15-20)42-17-41-25/h1-15H,16-17H2,(H,35,39). The highest BCUT2D eigenvalue weighted by Gasteiger charge is 2.30. The second-order valence-corrected chi connectivity index (χ2v) is 9.19. The van der Waals surface area contributed by atoms with E-state index in [0.717, 1.165) is 12.1 Å². The zero-order chi connectivity index (χ0) is 29.3. The van der Waals surface area contributed by atoms with Crippen LogP contribution in [0.5, 0.6) is 17.5 Å². The van der Waals surface area contributed by atoms with Crippen LogP contribution in [-0.2, 0) is 12.8 Å². The number of hydrogen-bond donors (Lipinski definition) is 1. The molecule has 42 heavy (non-hydrogen) atoms. The zero-order valence-corrected chi connectivity index (χ0v) is 21.6. The first-order valence-electron chi connectivity index (χ1n) is 12.6. The summed E-state index contributed by atoms with van der Waals surface area (Å²) in [5.41, 5.74) is 1.62. The summed E-state index contributed by atoms with van der Waals surface area (Å²) in [7, 11) is 0. The Morgan fingerprint density at radius 2 is 1.62 bits per heavy atom. The largest absolute Gasteiger partial charge is 0.457 e. The number of alkyl halides is 3. The van der Waals surface area contributed by atoms with Crippen molar-refractivity contribution in [3.8, 4) is 34.6 Å². The van der Waals surface area contributed by atoms with Crippen LogP contribution in [0.4, 0.5) is 23.2 Å². The first kappa shape index (κ1) is 26.8. The molecule has 0 saturated carbocycles. The monoisotopic (exact) mass is 576 g/mol. The number of rotatable bonds is 7. The second kappa shape index (κ2) is 10.9. The molecule has 4 aromatic carbocycles. The Labute approximate surface area is 236 Å². The van der Waals surface area contributed by atoms with Crippen molar-refractivity contribution in [3.05, 3.63) is 114 Å². The maximum absolute atomic E-state index is 13.2. The molecule has 212 valence electrons. The zero-order valence-electron chi connectivity index (χ0n) is 21.6. The van der Waals surface area contributed by atoms with E-state index in [1.165, 1.54) is 28.9 Å². The number of aromatic nitrogens is 3. The second-order valence-electron chi connectivity index (χ2n) is 9.19. The molecule has 5 aromatic rings. The Kier molecular flexibility index (Phi) is 6.95. The molecule has 12 heteroatoms. The van der Waals surface area contributed by atoms with Crippen molar-refractivity contribution in [2.24, 2.45) is 0 Å². The van der Waals surface area contributed by atoms with Crippen molar-refractivity contribution >= 4 is 11.6 Å². The molecule has 0 atom stereocenters. The minimum atomic E-state index is -4.49. The molecule has 1 aliphatic heterocycles. The van der Waals surface area contributed by atoms with Crippen LogP contribution >= 0.6 is 0 Å². The van der Waals surface area contributed by atoms with E-state index in [4.69, 9.17) is 14.2 Å². The van der Waals surface area contributed by atoms with Gasteiger partial charge < -0.3 is 19.5 Å². The number of benzene rings is 4. The fraction of sp³-hybridized carbons (Fsp3) is 0.100. The quantitative estimate of drug-likeness (QED) is 0.218. The van der Waals surface area contributed by atoms with Crippen molar-refractivity contribution in [1.29, 1.82) is 0 Å². The lowest BCUT2D eigenvalue weighted by atomic mass is 10.1. The molecule has 0 bridgehead atoms. The number of carbonyl (C=O) groups is 1. The lowest BCUT2D eigenvalue weighted by molar-refractivity contribution is -0.137. The van der Waals surface area contributed by atoms with E-state index in [2.05, 4.69) is 15.4 Å². The average Bonchev–Trinajstić information content (AvgIpc) is 3.64. The van der Waals surface area contributed by atoms with E-state index in [9.17, 15) is 22.4 Å². The van der Waals surface area contributed by atoms with Crippen molar-refractivity contribution in [1.82, 2.24) is 14.8 Å². The summed E-state index contributed by atoms with van der Waals surface area (Å²) < 4.78 is 70.4. The summed E-state index contributed by atoms with van der Waals surface area (Å²) in [6, 6.07) is 21.7. The van der Waals surface area contributed by atoms with Gasteiger partial charge in [0.2, 0.25) is 6.79 Å². The Morgan fingerprint density at radius 3 is 2.33 bits per heavy atom. The number of fused-ring (bicyclic) bond motifs is 1. The van der Waals surface area contributed by atoms with Crippen LogP contribution in [0.15, 0.2) is 91.0 Å². The number of nitrogens with one attached hydrogen (secondary N) is 1. The maximum atomic E-state index is 13.2. The van der Waals surface area contributed by atoms with Crippen molar-refractivity contribution in [2.75, 3.05) is 12.1 Å². The first-order chi connectivity index (χ1) is 20.2. The minimum Gasteiger partial charge on any atom is -0.457 e. The lowest BCUT2D eigenvalue weighted by Gasteiger charge is -2.10. The predicted molar refractivity (Wildman–Crippen MR) is 143 cm³/mol. The van der Waals surface area contributed by atoms with Gasteiger partial charge in [-0.3, -0.25) is 4.79 Å². The molecule has 0 fully saturated rings. The number of nitrogens with zero attached hydrogens (tertiary/aromatic N) is 3. The Bertz CT molecular complexity index is 1740. The molecule has 0 unspecified atom stereocenters. The van der Waals surface area contributed by atoms with Gasteiger partial charge in [0.05, 0.1) is 11.3 Å². The highest BCUT2D eigenvalue weighted by atomic mass is 19.4. The summed E-state index contributed by atoms with van der Waals surface area (Å²) in [5, 5.41) is 7.21. The van der Waals surface area contributed by atoms with Gasteiger partial charge in [0.1, 0.15) is 12.4 Å². The summed E-state index contributed by atoms with van der Waals surface area (Å²) >= 11 is 0. The van der Waals surface area contributed by atoms with Crippen LogP contribution in [0.25, 0.3) is 17.1 Å². The molecule has 0 saturated heterocycles. The third-order valence-corrected chi connectivity index (χ3v) is 6.34. The van der Waals surface area contributed by atoms with Crippen LogP contribution < -0.4 is 19.5 Å². The summed E-state index contributed by atoms with van der Waals surface area (Å²) in [5.74, 6) is 0.533. The predicted octanol–water partition coefficient (Wildman–Crippen LogP) is 6.65. The molecule has 1 amide bonds. The molecule has 0 aliphatic carbocycles. The third kappa shape index (κ3) is 5.73. The molecule has 1 aliphatic rings. The molecule has 2 heterocycles. The van der Waals surface area contributed by atoms with E-state index >= 15 is 0 Å². The summed E-state index contributed by atoms with van der Waals surface area (Å²) in [4.78, 5) is 17.2. The summed E-state index contributed by atoms with van der Waals surface area (Å²) in [6.07, 6.45) is -4.49. The van der Waals surface area contributed by atoms with E-state index in [1.807, 2.05) is 0 Å². The van der Waals surface area contributed by atoms with Gasteiger partial charge in [-0.2, -0.15) is 18.2 Å². The molecular weight excluding hydrogens is 556 g/mol. The Morgan fingerprint density at radius 1 is 0.905 bits per heavy atom. The molecule has 6 rings (SSSR count). The smallest absolute Gasteiger partial charge is 0.416 e. The van der Waals surface area contributed by atoms with Crippen molar-refractivity contribution in [2.45, 2.75) is 12.8 Å². The topological polar surface area (TPSA) is 87.5 Å². The lowest BCUT2D eigenvalue weighted by Crippen LogP contribution is -2.12.